The molecule has 0 aliphatic heterocycles. The Bertz CT molecular complexity index is 1020. The second-order valence-electron chi connectivity index (χ2n) is 7.00. The number of carbonyl (C=O) groups is 1. The maximum atomic E-state index is 12.6. The molecule has 0 spiro atoms. The Labute approximate surface area is 164 Å². The van der Waals surface area contributed by atoms with E-state index in [9.17, 15) is 9.59 Å². The van der Waals surface area contributed by atoms with E-state index in [1.165, 1.54) is 22.2 Å². The van der Waals surface area contributed by atoms with E-state index in [4.69, 9.17) is 4.42 Å². The molecule has 2 atom stereocenters. The fraction of sp³-hybridized carbons (Fsp3) is 0.421. The van der Waals surface area contributed by atoms with E-state index in [0.29, 0.717) is 16.8 Å². The van der Waals surface area contributed by atoms with Gasteiger partial charge in [-0.2, -0.15) is 0 Å². The standard InChI is InChI=1S/C19H21N3O3S2/c1-10-5-6-12-14(8-10)27-18-16(12)17(24)21-19(22-18)26-9-15(23)20-11(2)13-4-3-7-25-13/h3-4,7,10-11H,5-6,8-9H2,1-2H3,(H,20,23)(H,21,22,24)/t10-,11-/m1/s1. The Morgan fingerprint density at radius 1 is 1.56 bits per heavy atom. The minimum absolute atomic E-state index is 0.0982. The zero-order valence-corrected chi connectivity index (χ0v) is 16.8. The van der Waals surface area contributed by atoms with Crippen LogP contribution in [0.15, 0.2) is 32.8 Å². The number of furan rings is 1. The summed E-state index contributed by atoms with van der Waals surface area (Å²) in [5.41, 5.74) is 1.07. The first kappa shape index (κ1) is 18.3. The van der Waals surface area contributed by atoms with Gasteiger partial charge in [-0.15, -0.1) is 11.3 Å². The Morgan fingerprint density at radius 3 is 3.19 bits per heavy atom. The topological polar surface area (TPSA) is 88.0 Å². The summed E-state index contributed by atoms with van der Waals surface area (Å²) in [6.07, 6.45) is 4.66. The fourth-order valence-electron chi connectivity index (χ4n) is 3.42. The monoisotopic (exact) mass is 403 g/mol. The molecule has 6 nitrogen and oxygen atoms in total. The molecule has 0 fully saturated rings. The first-order valence-electron chi connectivity index (χ1n) is 9.01. The molecule has 2 N–H and O–H groups in total. The summed E-state index contributed by atoms with van der Waals surface area (Å²) in [5.74, 6) is 1.41. The summed E-state index contributed by atoms with van der Waals surface area (Å²) in [4.78, 5) is 34.3. The SMILES string of the molecule is C[C@@H]1CCc2c(sc3nc(SCC(=O)N[C@H](C)c4ccco4)[nH]c(=O)c23)C1. The molecule has 1 aliphatic rings. The Kier molecular flexibility index (Phi) is 5.10. The van der Waals surface area contributed by atoms with Gasteiger partial charge in [-0.3, -0.25) is 9.59 Å². The van der Waals surface area contributed by atoms with Gasteiger partial charge >= 0.3 is 0 Å². The van der Waals surface area contributed by atoms with Crippen molar-refractivity contribution in [2.75, 3.05) is 5.75 Å². The van der Waals surface area contributed by atoms with Crippen molar-refractivity contribution in [3.63, 3.8) is 0 Å². The highest BCUT2D eigenvalue weighted by molar-refractivity contribution is 7.99. The number of thiophene rings is 1. The molecular formula is C19H21N3O3S2. The van der Waals surface area contributed by atoms with Gasteiger partial charge in [-0.1, -0.05) is 18.7 Å². The molecule has 0 radical (unpaired) electrons. The van der Waals surface area contributed by atoms with Crippen molar-refractivity contribution in [3.05, 3.63) is 45.0 Å². The van der Waals surface area contributed by atoms with Gasteiger partial charge in [-0.25, -0.2) is 4.98 Å². The molecule has 1 aliphatic carbocycles. The van der Waals surface area contributed by atoms with Crippen molar-refractivity contribution >= 4 is 39.2 Å². The summed E-state index contributed by atoms with van der Waals surface area (Å²) in [6, 6.07) is 3.41. The van der Waals surface area contributed by atoms with Gasteiger partial charge in [0.1, 0.15) is 10.6 Å². The van der Waals surface area contributed by atoms with Crippen molar-refractivity contribution in [2.45, 2.75) is 44.3 Å². The lowest BCUT2D eigenvalue weighted by molar-refractivity contribution is -0.119. The van der Waals surface area contributed by atoms with Crippen LogP contribution in [-0.2, 0) is 17.6 Å². The van der Waals surface area contributed by atoms with Crippen LogP contribution in [0.5, 0.6) is 0 Å². The van der Waals surface area contributed by atoms with E-state index in [0.717, 1.165) is 29.5 Å². The number of H-pyrrole nitrogens is 1. The molecule has 0 saturated carbocycles. The largest absolute Gasteiger partial charge is 0.467 e. The molecule has 0 bridgehead atoms. The van der Waals surface area contributed by atoms with Crippen LogP contribution in [0.3, 0.4) is 0 Å². The lowest BCUT2D eigenvalue weighted by atomic mass is 9.89. The minimum atomic E-state index is -0.200. The molecule has 3 aromatic heterocycles. The van der Waals surface area contributed by atoms with Crippen molar-refractivity contribution in [2.24, 2.45) is 5.92 Å². The number of amides is 1. The summed E-state index contributed by atoms with van der Waals surface area (Å²) in [5, 5.41) is 4.10. The summed E-state index contributed by atoms with van der Waals surface area (Å²) < 4.78 is 5.29. The van der Waals surface area contributed by atoms with Crippen molar-refractivity contribution in [3.8, 4) is 0 Å². The highest BCUT2D eigenvalue weighted by Gasteiger charge is 2.23. The molecule has 0 aromatic carbocycles. The molecular weight excluding hydrogens is 382 g/mol. The van der Waals surface area contributed by atoms with Crippen molar-refractivity contribution in [1.82, 2.24) is 15.3 Å². The highest BCUT2D eigenvalue weighted by Crippen LogP contribution is 2.36. The first-order valence-corrected chi connectivity index (χ1v) is 10.8. The number of nitrogens with zero attached hydrogens (tertiary/aromatic N) is 1. The van der Waals surface area contributed by atoms with Crippen LogP contribution < -0.4 is 10.9 Å². The molecule has 27 heavy (non-hydrogen) atoms. The number of aromatic amines is 1. The average Bonchev–Trinajstić information content (AvgIpc) is 3.27. The van der Waals surface area contributed by atoms with Crippen molar-refractivity contribution in [1.29, 1.82) is 0 Å². The van der Waals surface area contributed by atoms with E-state index >= 15 is 0 Å². The number of aromatic nitrogens is 2. The van der Waals surface area contributed by atoms with E-state index in [1.807, 2.05) is 13.0 Å². The number of nitrogens with one attached hydrogen (secondary N) is 2. The van der Waals surface area contributed by atoms with E-state index in [-0.39, 0.29) is 23.3 Å². The third-order valence-corrected chi connectivity index (χ3v) is 6.85. The van der Waals surface area contributed by atoms with Crippen molar-refractivity contribution < 1.29 is 9.21 Å². The predicted molar refractivity (Wildman–Crippen MR) is 107 cm³/mol. The first-order chi connectivity index (χ1) is 13.0. The number of fused-ring (bicyclic) bond motifs is 3. The zero-order chi connectivity index (χ0) is 19.0. The third-order valence-electron chi connectivity index (χ3n) is 4.83. The van der Waals surface area contributed by atoms with Crippen LogP contribution in [0.2, 0.25) is 0 Å². The number of thioether (sulfide) groups is 1. The molecule has 0 saturated heterocycles. The van der Waals surface area contributed by atoms with Gasteiger partial charge in [0.25, 0.3) is 5.56 Å². The average molecular weight is 404 g/mol. The van der Waals surface area contributed by atoms with E-state index < -0.39 is 0 Å². The lowest BCUT2D eigenvalue weighted by Crippen LogP contribution is -2.28. The molecule has 142 valence electrons. The van der Waals surface area contributed by atoms with Gasteiger partial charge in [-0.05, 0) is 49.8 Å². The Balaban J connectivity index is 1.46. The predicted octanol–water partition coefficient (Wildman–Crippen LogP) is 3.67. The van der Waals surface area contributed by atoms with Gasteiger partial charge in [0.05, 0.1) is 23.4 Å². The minimum Gasteiger partial charge on any atom is -0.467 e. The number of carbonyl (C=O) groups excluding carboxylic acids is 1. The van der Waals surface area contributed by atoms with Gasteiger partial charge in [0.2, 0.25) is 5.91 Å². The molecule has 4 rings (SSSR count). The Hall–Kier alpha value is -2.06. The Morgan fingerprint density at radius 2 is 2.41 bits per heavy atom. The van der Waals surface area contributed by atoms with Gasteiger partial charge in [0, 0.05) is 4.88 Å². The highest BCUT2D eigenvalue weighted by atomic mass is 32.2. The van der Waals surface area contributed by atoms with Crippen LogP contribution in [0.25, 0.3) is 10.2 Å². The number of hydrogen-bond donors (Lipinski definition) is 2. The van der Waals surface area contributed by atoms with Gasteiger partial charge < -0.3 is 14.7 Å². The van der Waals surface area contributed by atoms with Gasteiger partial charge in [0.15, 0.2) is 5.16 Å². The number of rotatable bonds is 5. The maximum absolute atomic E-state index is 12.6. The summed E-state index contributed by atoms with van der Waals surface area (Å²) in [7, 11) is 0. The smallest absolute Gasteiger partial charge is 0.260 e. The van der Waals surface area contributed by atoms with Crippen LogP contribution in [0.4, 0.5) is 0 Å². The molecule has 8 heteroatoms. The van der Waals surface area contributed by atoms with E-state index in [1.54, 1.807) is 23.7 Å². The zero-order valence-electron chi connectivity index (χ0n) is 15.2. The summed E-state index contributed by atoms with van der Waals surface area (Å²) >= 11 is 2.86. The van der Waals surface area contributed by atoms with Crippen LogP contribution in [-0.4, -0.2) is 21.6 Å². The molecule has 1 amide bonds. The number of aryl methyl sites for hydroxylation is 1. The second-order valence-corrected chi connectivity index (χ2v) is 9.04. The van der Waals surface area contributed by atoms with Crippen LogP contribution in [0.1, 0.15) is 42.5 Å². The fourth-order valence-corrected chi connectivity index (χ4v) is 5.54. The lowest BCUT2D eigenvalue weighted by Gasteiger charge is -2.17. The summed E-state index contributed by atoms with van der Waals surface area (Å²) in [6.45, 7) is 4.11. The number of hydrogen-bond acceptors (Lipinski definition) is 6. The van der Waals surface area contributed by atoms with Crippen LogP contribution >= 0.6 is 23.1 Å². The normalized spacial score (nSPS) is 17.6. The molecule has 0 unspecified atom stereocenters. The quantitative estimate of drug-likeness (QED) is 0.501. The molecule has 3 aromatic rings. The van der Waals surface area contributed by atoms with E-state index in [2.05, 4.69) is 22.2 Å². The maximum Gasteiger partial charge on any atom is 0.260 e. The second kappa shape index (κ2) is 7.52. The third kappa shape index (κ3) is 3.82. The van der Waals surface area contributed by atoms with Crippen LogP contribution in [0, 0.1) is 5.92 Å². The molecule has 3 heterocycles.